The van der Waals surface area contributed by atoms with E-state index in [9.17, 15) is 4.79 Å². The molecule has 4 aromatic rings. The van der Waals surface area contributed by atoms with Crippen molar-refractivity contribution in [2.75, 3.05) is 5.32 Å². The summed E-state index contributed by atoms with van der Waals surface area (Å²) in [5, 5.41) is 8.01. The fourth-order valence-electron chi connectivity index (χ4n) is 2.96. The molecule has 0 unspecified atom stereocenters. The Balaban J connectivity index is 1.65. The van der Waals surface area contributed by atoms with Gasteiger partial charge in [-0.3, -0.25) is 4.79 Å². The van der Waals surface area contributed by atoms with E-state index >= 15 is 0 Å². The molecule has 3 aromatic heterocycles. The highest BCUT2D eigenvalue weighted by Crippen LogP contribution is 2.25. The van der Waals surface area contributed by atoms with E-state index in [1.165, 1.54) is 6.33 Å². The molecule has 7 heteroatoms. The van der Waals surface area contributed by atoms with Gasteiger partial charge >= 0.3 is 0 Å². The first-order valence-electron chi connectivity index (χ1n) is 8.26. The summed E-state index contributed by atoms with van der Waals surface area (Å²) < 4.78 is 1.70. The highest BCUT2D eigenvalue weighted by atomic mass is 16.1. The highest BCUT2D eigenvalue weighted by Gasteiger charge is 2.16. The molecular weight excluding hydrogens is 328 g/mol. The maximum atomic E-state index is 12.7. The van der Waals surface area contributed by atoms with E-state index in [4.69, 9.17) is 0 Å². The third-order valence-corrected chi connectivity index (χ3v) is 4.53. The van der Waals surface area contributed by atoms with Gasteiger partial charge in [-0.05, 0) is 38.0 Å². The minimum atomic E-state index is -0.261. The average Bonchev–Trinajstić information content (AvgIpc) is 3.22. The molecule has 0 spiro atoms. The van der Waals surface area contributed by atoms with Gasteiger partial charge in [-0.1, -0.05) is 18.2 Å². The SMILES string of the molecule is Cc1ccccc1-n1cc(C(=O)Nc2ncnc3[nH]c(C)c(C)c23)cn1. The Hall–Kier alpha value is -3.48. The monoisotopic (exact) mass is 346 g/mol. The molecule has 26 heavy (non-hydrogen) atoms. The number of fused-ring (bicyclic) bond motifs is 1. The van der Waals surface area contributed by atoms with Crippen LogP contribution < -0.4 is 5.32 Å². The molecule has 0 aliphatic rings. The van der Waals surface area contributed by atoms with Gasteiger partial charge in [-0.25, -0.2) is 14.6 Å². The lowest BCUT2D eigenvalue weighted by Gasteiger charge is -2.05. The molecule has 0 atom stereocenters. The number of nitrogens with one attached hydrogen (secondary N) is 2. The Bertz CT molecular complexity index is 1120. The van der Waals surface area contributed by atoms with Crippen LogP contribution in [0.4, 0.5) is 5.82 Å². The third-order valence-electron chi connectivity index (χ3n) is 4.53. The Morgan fingerprint density at radius 1 is 1.15 bits per heavy atom. The molecule has 0 aliphatic carbocycles. The average molecular weight is 346 g/mol. The Kier molecular flexibility index (Phi) is 3.76. The fraction of sp³-hybridized carbons (Fsp3) is 0.158. The van der Waals surface area contributed by atoms with Crippen molar-refractivity contribution in [2.24, 2.45) is 0 Å². The second-order valence-electron chi connectivity index (χ2n) is 6.24. The Morgan fingerprint density at radius 3 is 2.77 bits per heavy atom. The number of benzene rings is 1. The quantitative estimate of drug-likeness (QED) is 0.595. The van der Waals surface area contributed by atoms with Crippen molar-refractivity contribution in [2.45, 2.75) is 20.8 Å². The van der Waals surface area contributed by atoms with Crippen LogP contribution in [-0.4, -0.2) is 30.6 Å². The number of amides is 1. The molecule has 130 valence electrons. The first-order chi connectivity index (χ1) is 12.5. The lowest BCUT2D eigenvalue weighted by Crippen LogP contribution is -2.13. The zero-order valence-corrected chi connectivity index (χ0v) is 14.7. The van der Waals surface area contributed by atoms with Crippen LogP contribution in [0.1, 0.15) is 27.2 Å². The van der Waals surface area contributed by atoms with Crippen molar-refractivity contribution in [1.29, 1.82) is 0 Å². The summed E-state index contributed by atoms with van der Waals surface area (Å²) in [5.41, 5.74) is 5.22. The number of H-pyrrole nitrogens is 1. The second kappa shape index (κ2) is 6.11. The van der Waals surface area contributed by atoms with E-state index in [-0.39, 0.29) is 5.91 Å². The smallest absolute Gasteiger partial charge is 0.260 e. The van der Waals surface area contributed by atoms with Gasteiger partial charge in [-0.2, -0.15) is 5.10 Å². The van der Waals surface area contributed by atoms with Gasteiger partial charge < -0.3 is 10.3 Å². The van der Waals surface area contributed by atoms with Crippen molar-refractivity contribution in [3.8, 4) is 5.69 Å². The van der Waals surface area contributed by atoms with Gasteiger partial charge in [0.1, 0.15) is 17.8 Å². The number of nitrogens with zero attached hydrogens (tertiary/aromatic N) is 4. The fourth-order valence-corrected chi connectivity index (χ4v) is 2.96. The Morgan fingerprint density at radius 2 is 1.96 bits per heavy atom. The molecule has 4 rings (SSSR count). The largest absolute Gasteiger partial charge is 0.343 e. The highest BCUT2D eigenvalue weighted by molar-refractivity contribution is 6.07. The molecule has 1 aromatic carbocycles. The molecule has 2 N–H and O–H groups in total. The van der Waals surface area contributed by atoms with Crippen LogP contribution in [0, 0.1) is 20.8 Å². The second-order valence-corrected chi connectivity index (χ2v) is 6.24. The number of carbonyl (C=O) groups excluding carboxylic acids is 1. The number of aromatic nitrogens is 5. The zero-order chi connectivity index (χ0) is 18.3. The van der Waals surface area contributed by atoms with E-state index in [0.717, 1.165) is 27.9 Å². The van der Waals surface area contributed by atoms with Crippen molar-refractivity contribution in [3.63, 3.8) is 0 Å². The van der Waals surface area contributed by atoms with E-state index < -0.39 is 0 Å². The van der Waals surface area contributed by atoms with Crippen LogP contribution in [0.25, 0.3) is 16.7 Å². The van der Waals surface area contributed by atoms with Crippen LogP contribution in [0.3, 0.4) is 0 Å². The maximum absolute atomic E-state index is 12.7. The number of aryl methyl sites for hydroxylation is 3. The number of hydrogen-bond acceptors (Lipinski definition) is 4. The lowest BCUT2D eigenvalue weighted by atomic mass is 10.2. The van der Waals surface area contributed by atoms with Crippen molar-refractivity contribution >= 4 is 22.8 Å². The standard InChI is InChI=1S/C19H18N6O/c1-11-6-4-5-7-15(11)25-9-14(8-22-25)19(26)24-18-16-12(2)13(3)23-17(16)20-10-21-18/h4-10H,1-3H3,(H2,20,21,23,24,26). The summed E-state index contributed by atoms with van der Waals surface area (Å²) in [7, 11) is 0. The van der Waals surface area contributed by atoms with Gasteiger partial charge in [0.2, 0.25) is 0 Å². The van der Waals surface area contributed by atoms with Crippen molar-refractivity contribution in [3.05, 3.63) is 65.4 Å². The van der Waals surface area contributed by atoms with Gasteiger partial charge in [-0.15, -0.1) is 0 Å². The van der Waals surface area contributed by atoms with E-state index in [2.05, 4.69) is 25.4 Å². The first kappa shape index (κ1) is 16.0. The lowest BCUT2D eigenvalue weighted by molar-refractivity contribution is 0.102. The minimum absolute atomic E-state index is 0.261. The van der Waals surface area contributed by atoms with E-state index in [1.54, 1.807) is 17.1 Å². The third kappa shape index (κ3) is 2.63. The molecule has 7 nitrogen and oxygen atoms in total. The summed E-state index contributed by atoms with van der Waals surface area (Å²) in [6.07, 6.45) is 4.70. The number of rotatable bonds is 3. The molecule has 0 aliphatic heterocycles. The van der Waals surface area contributed by atoms with Crippen molar-refractivity contribution in [1.82, 2.24) is 24.7 Å². The van der Waals surface area contributed by atoms with Crippen LogP contribution in [0.2, 0.25) is 0 Å². The van der Waals surface area contributed by atoms with Gasteiger partial charge in [0.25, 0.3) is 5.91 Å². The molecule has 0 bridgehead atoms. The number of hydrogen-bond donors (Lipinski definition) is 2. The van der Waals surface area contributed by atoms with Crippen LogP contribution in [-0.2, 0) is 0 Å². The summed E-state index contributed by atoms with van der Waals surface area (Å²) in [5.74, 6) is 0.230. The number of anilines is 1. The molecule has 0 fully saturated rings. The molecule has 0 radical (unpaired) electrons. The minimum Gasteiger partial charge on any atom is -0.343 e. The van der Waals surface area contributed by atoms with Gasteiger partial charge in [0.15, 0.2) is 0 Å². The number of para-hydroxylation sites is 1. The predicted molar refractivity (Wildman–Crippen MR) is 99.6 cm³/mol. The van der Waals surface area contributed by atoms with Gasteiger partial charge in [0, 0.05) is 11.9 Å². The van der Waals surface area contributed by atoms with E-state index in [1.807, 2.05) is 45.0 Å². The molecule has 0 saturated carbocycles. The summed E-state index contributed by atoms with van der Waals surface area (Å²) >= 11 is 0. The molecule has 1 amide bonds. The van der Waals surface area contributed by atoms with E-state index in [0.29, 0.717) is 17.0 Å². The normalized spacial score (nSPS) is 11.0. The maximum Gasteiger partial charge on any atom is 0.260 e. The summed E-state index contributed by atoms with van der Waals surface area (Å²) in [4.78, 5) is 24.3. The van der Waals surface area contributed by atoms with Crippen LogP contribution >= 0.6 is 0 Å². The summed E-state index contributed by atoms with van der Waals surface area (Å²) in [6.45, 7) is 5.95. The van der Waals surface area contributed by atoms with Crippen molar-refractivity contribution < 1.29 is 4.79 Å². The predicted octanol–water partition coefficient (Wildman–Crippen LogP) is 3.32. The molecular formula is C19H18N6O. The van der Waals surface area contributed by atoms with Gasteiger partial charge in [0.05, 0.1) is 22.8 Å². The first-order valence-corrected chi connectivity index (χ1v) is 8.26. The Labute approximate surface area is 150 Å². The van der Waals surface area contributed by atoms with Crippen LogP contribution in [0.5, 0.6) is 0 Å². The summed E-state index contributed by atoms with van der Waals surface area (Å²) in [6, 6.07) is 7.88. The number of carbonyl (C=O) groups is 1. The molecule has 0 saturated heterocycles. The molecule has 3 heterocycles. The number of aromatic amines is 1. The topological polar surface area (TPSA) is 88.5 Å². The zero-order valence-electron chi connectivity index (χ0n) is 14.7. The van der Waals surface area contributed by atoms with Crippen LogP contribution in [0.15, 0.2) is 43.0 Å².